The van der Waals surface area contributed by atoms with Crippen LogP contribution in [-0.2, 0) is 18.9 Å². The molecule has 0 saturated carbocycles. The van der Waals surface area contributed by atoms with Gasteiger partial charge in [0.25, 0.3) is 0 Å². The maximum absolute atomic E-state index is 5.25. The molecule has 0 aliphatic carbocycles. The molecule has 0 aromatic carbocycles. The summed E-state index contributed by atoms with van der Waals surface area (Å²) in [6.07, 6.45) is 0.403. The average Bonchev–Trinajstić information content (AvgIpc) is 2.56. The van der Waals surface area contributed by atoms with Crippen LogP contribution >= 0.6 is 0 Å². The molecule has 1 atom stereocenters. The molecule has 4 nitrogen and oxygen atoms in total. The van der Waals surface area contributed by atoms with Gasteiger partial charge in [0.1, 0.15) is 12.7 Å². The maximum atomic E-state index is 5.25. The van der Waals surface area contributed by atoms with E-state index in [1.165, 1.54) is 0 Å². The number of ether oxygens (including phenoxy) is 4. The Labute approximate surface area is 58.0 Å². The number of hydrogen-bond donors (Lipinski definition) is 0. The van der Waals surface area contributed by atoms with Gasteiger partial charge in [0.05, 0.1) is 13.2 Å². The summed E-state index contributed by atoms with van der Waals surface area (Å²) in [4.78, 5) is 0. The smallest absolute Gasteiger partial charge is 0.249 e. The zero-order chi connectivity index (χ0) is 6.60. The van der Waals surface area contributed by atoms with E-state index < -0.39 is 0 Å². The summed E-state index contributed by atoms with van der Waals surface area (Å²) >= 11 is 0. The van der Waals surface area contributed by atoms with Crippen molar-refractivity contribution in [2.24, 2.45) is 0 Å². The van der Waals surface area contributed by atoms with E-state index in [9.17, 15) is 0 Å². The van der Waals surface area contributed by atoms with Crippen molar-refractivity contribution in [2.75, 3.05) is 19.8 Å². The van der Waals surface area contributed by atoms with Crippen molar-refractivity contribution in [1.82, 2.24) is 0 Å². The van der Waals surface area contributed by atoms with Gasteiger partial charge >= 0.3 is 0 Å². The number of rotatable bonds is 4. The molecule has 0 N–H and O–H groups in total. The Morgan fingerprint density at radius 2 is 2.20 bits per heavy atom. The summed E-state index contributed by atoms with van der Waals surface area (Å²) in [6, 6.07) is 0. The average molecular weight is 144 g/mol. The molecule has 3 heterocycles. The molecule has 3 fully saturated rings. The Balaban J connectivity index is 1.37. The fourth-order valence-corrected chi connectivity index (χ4v) is 0.936. The fourth-order valence-electron chi connectivity index (χ4n) is 0.936. The van der Waals surface area contributed by atoms with Crippen molar-refractivity contribution >= 4 is 0 Å². The quantitative estimate of drug-likeness (QED) is 0.498. The Bertz CT molecular complexity index is 159. The minimum absolute atomic E-state index is 0.0626. The Morgan fingerprint density at radius 1 is 1.50 bits per heavy atom. The molecule has 3 saturated heterocycles. The lowest BCUT2D eigenvalue weighted by atomic mass is 10.5. The number of hydrogen-bond acceptors (Lipinski definition) is 4. The third-order valence-electron chi connectivity index (χ3n) is 1.87. The minimum atomic E-state index is -0.297. The van der Waals surface area contributed by atoms with Gasteiger partial charge < -0.3 is 18.9 Å². The van der Waals surface area contributed by atoms with Crippen LogP contribution in [0.2, 0.25) is 0 Å². The van der Waals surface area contributed by atoms with Crippen LogP contribution in [0.25, 0.3) is 0 Å². The minimum Gasteiger partial charge on any atom is -0.373 e. The monoisotopic (exact) mass is 144 g/mol. The van der Waals surface area contributed by atoms with Gasteiger partial charge in [-0.25, -0.2) is 0 Å². The molecule has 0 aromatic rings. The molecular weight excluding hydrogens is 136 g/mol. The highest BCUT2D eigenvalue weighted by Gasteiger charge is 2.77. The van der Waals surface area contributed by atoms with Crippen molar-refractivity contribution in [3.63, 3.8) is 0 Å². The highest BCUT2D eigenvalue weighted by Crippen LogP contribution is 2.55. The normalized spacial score (nSPS) is 54.0. The van der Waals surface area contributed by atoms with Gasteiger partial charge in [-0.15, -0.1) is 0 Å². The summed E-state index contributed by atoms with van der Waals surface area (Å²) < 4.78 is 20.2. The number of fused-ring (bicyclic) bond motifs is 1. The molecule has 4 heteroatoms. The lowest BCUT2D eigenvalue weighted by Gasteiger charge is -2.00. The van der Waals surface area contributed by atoms with E-state index in [-0.39, 0.29) is 12.1 Å². The van der Waals surface area contributed by atoms with E-state index in [4.69, 9.17) is 18.9 Å². The Morgan fingerprint density at radius 3 is 2.70 bits per heavy atom. The third kappa shape index (κ3) is 0.769. The Hall–Kier alpha value is -0.160. The zero-order valence-corrected chi connectivity index (χ0v) is 5.41. The second-order valence-corrected chi connectivity index (χ2v) is 2.85. The van der Waals surface area contributed by atoms with Crippen LogP contribution in [0.5, 0.6) is 0 Å². The first-order valence-corrected chi connectivity index (χ1v) is 3.44. The van der Waals surface area contributed by atoms with Gasteiger partial charge in [0.15, 0.2) is 0 Å². The van der Waals surface area contributed by atoms with Crippen LogP contribution in [-0.4, -0.2) is 38.0 Å². The molecule has 0 aromatic heterocycles. The molecular formula is C6H8O4. The van der Waals surface area contributed by atoms with Crippen LogP contribution < -0.4 is 0 Å². The largest absolute Gasteiger partial charge is 0.373 e. The molecule has 10 heavy (non-hydrogen) atoms. The van der Waals surface area contributed by atoms with E-state index in [1.54, 1.807) is 0 Å². The highest BCUT2D eigenvalue weighted by molar-refractivity contribution is 5.02. The summed E-state index contributed by atoms with van der Waals surface area (Å²) in [6.45, 7) is 2.09. The first-order valence-electron chi connectivity index (χ1n) is 3.44. The van der Waals surface area contributed by atoms with Crippen LogP contribution in [0.1, 0.15) is 0 Å². The zero-order valence-electron chi connectivity index (χ0n) is 5.41. The van der Waals surface area contributed by atoms with E-state index in [2.05, 4.69) is 0 Å². The van der Waals surface area contributed by atoms with Gasteiger partial charge in [0, 0.05) is 0 Å². The van der Waals surface area contributed by atoms with Crippen LogP contribution in [0.3, 0.4) is 0 Å². The molecule has 0 radical (unpaired) electrons. The molecule has 0 spiro atoms. The molecule has 3 aliphatic rings. The highest BCUT2D eigenvalue weighted by atomic mass is 17.0. The number of epoxide rings is 3. The molecule has 3 aliphatic heterocycles. The van der Waals surface area contributed by atoms with E-state index in [1.807, 2.05) is 0 Å². The van der Waals surface area contributed by atoms with Crippen LogP contribution in [0.15, 0.2) is 0 Å². The standard InChI is InChI=1S/C6H8O4/c1(4-2-8-4)7-3-6-5(9-6)10-6/h4-5H,1-3H2. The van der Waals surface area contributed by atoms with Gasteiger partial charge in [-0.1, -0.05) is 0 Å². The first kappa shape index (κ1) is 5.49. The predicted octanol–water partition coefficient (Wildman–Crippen LogP) is -0.515. The molecule has 1 unspecified atom stereocenters. The fraction of sp³-hybridized carbons (Fsp3) is 1.00. The van der Waals surface area contributed by atoms with Crippen LogP contribution in [0, 0.1) is 0 Å². The summed E-state index contributed by atoms with van der Waals surface area (Å²) in [5.41, 5.74) is 0. The molecule has 0 amide bonds. The second-order valence-electron chi connectivity index (χ2n) is 2.85. The van der Waals surface area contributed by atoms with Gasteiger partial charge in [-0.3, -0.25) is 0 Å². The lowest BCUT2D eigenvalue weighted by molar-refractivity contribution is -0.0872. The summed E-state index contributed by atoms with van der Waals surface area (Å²) in [5, 5.41) is 0. The summed E-state index contributed by atoms with van der Waals surface area (Å²) in [7, 11) is 0. The van der Waals surface area contributed by atoms with E-state index in [0.29, 0.717) is 19.3 Å². The molecule has 3 rings (SSSR count). The first-order chi connectivity index (χ1) is 4.89. The van der Waals surface area contributed by atoms with Crippen molar-refractivity contribution < 1.29 is 18.9 Å². The topological polar surface area (TPSA) is 46.8 Å². The Kier molecular flexibility index (Phi) is 0.840. The van der Waals surface area contributed by atoms with Crippen molar-refractivity contribution in [3.05, 3.63) is 0 Å². The summed E-state index contributed by atoms with van der Waals surface area (Å²) in [5.74, 6) is -0.297. The molecule has 0 bridgehead atoms. The van der Waals surface area contributed by atoms with Gasteiger partial charge in [-0.05, 0) is 0 Å². The lowest BCUT2D eigenvalue weighted by Crippen LogP contribution is -2.12. The predicted molar refractivity (Wildman–Crippen MR) is 29.2 cm³/mol. The SMILES string of the molecule is C(OCC12OC1O2)C1CO1. The van der Waals surface area contributed by atoms with Crippen molar-refractivity contribution in [1.29, 1.82) is 0 Å². The van der Waals surface area contributed by atoms with Crippen molar-refractivity contribution in [2.45, 2.75) is 18.2 Å². The van der Waals surface area contributed by atoms with E-state index in [0.717, 1.165) is 6.61 Å². The van der Waals surface area contributed by atoms with E-state index >= 15 is 0 Å². The van der Waals surface area contributed by atoms with Gasteiger partial charge in [-0.2, -0.15) is 0 Å². The third-order valence-corrected chi connectivity index (χ3v) is 1.87. The van der Waals surface area contributed by atoms with Crippen LogP contribution in [0.4, 0.5) is 0 Å². The molecule has 56 valence electrons. The maximum Gasteiger partial charge on any atom is 0.249 e. The van der Waals surface area contributed by atoms with Crippen molar-refractivity contribution in [3.8, 4) is 0 Å². The second kappa shape index (κ2) is 1.53. The van der Waals surface area contributed by atoms with Gasteiger partial charge in [0.2, 0.25) is 12.1 Å².